The lowest BCUT2D eigenvalue weighted by Gasteiger charge is -2.21. The van der Waals surface area contributed by atoms with Gasteiger partial charge in [-0.2, -0.15) is 0 Å². The number of hydrogen-bond donors (Lipinski definition) is 2. The second-order valence-electron chi connectivity index (χ2n) is 8.43. The van der Waals surface area contributed by atoms with Crippen molar-refractivity contribution in [2.45, 2.75) is 49.8 Å². The third kappa shape index (κ3) is 7.65. The molecule has 1 atom stereocenters. The van der Waals surface area contributed by atoms with Crippen LogP contribution in [0.2, 0.25) is 10.0 Å². The van der Waals surface area contributed by atoms with E-state index >= 15 is 0 Å². The topological polar surface area (TPSA) is 88.9 Å². The molecule has 7 nitrogen and oxygen atoms in total. The molecular formula is C25H29Cl2N5O2S2. The van der Waals surface area contributed by atoms with Crippen LogP contribution in [0.4, 0.5) is 5.69 Å². The van der Waals surface area contributed by atoms with E-state index in [9.17, 15) is 9.59 Å². The number of nitrogens with one attached hydrogen (secondary N) is 2. The van der Waals surface area contributed by atoms with E-state index in [1.54, 1.807) is 30.0 Å². The van der Waals surface area contributed by atoms with Crippen LogP contribution in [0.15, 0.2) is 52.5 Å². The monoisotopic (exact) mass is 565 g/mol. The van der Waals surface area contributed by atoms with Gasteiger partial charge in [0, 0.05) is 22.2 Å². The van der Waals surface area contributed by atoms with E-state index in [1.165, 1.54) is 11.8 Å². The third-order valence-corrected chi connectivity index (χ3v) is 7.49. The first-order chi connectivity index (χ1) is 17.2. The Labute approximate surface area is 230 Å². The maximum atomic E-state index is 13.0. The maximum absolute atomic E-state index is 13.0. The van der Waals surface area contributed by atoms with Crippen molar-refractivity contribution in [2.75, 3.05) is 17.3 Å². The van der Waals surface area contributed by atoms with Crippen molar-refractivity contribution in [3.8, 4) is 0 Å². The van der Waals surface area contributed by atoms with E-state index in [0.717, 1.165) is 10.6 Å². The molecule has 0 fully saturated rings. The Balaban J connectivity index is 1.74. The number of thioether (sulfide) groups is 2. The zero-order valence-corrected chi connectivity index (χ0v) is 23.7. The van der Waals surface area contributed by atoms with Crippen LogP contribution >= 0.6 is 46.7 Å². The minimum atomic E-state index is -0.380. The summed E-state index contributed by atoms with van der Waals surface area (Å²) in [5.74, 6) is 0.671. The van der Waals surface area contributed by atoms with E-state index in [4.69, 9.17) is 23.2 Å². The number of halogens is 2. The lowest BCUT2D eigenvalue weighted by Crippen LogP contribution is -2.31. The van der Waals surface area contributed by atoms with Gasteiger partial charge in [0.15, 0.2) is 11.0 Å². The zero-order valence-electron chi connectivity index (χ0n) is 20.5. The van der Waals surface area contributed by atoms with Crippen LogP contribution in [0, 0.1) is 5.92 Å². The third-order valence-electron chi connectivity index (χ3n) is 5.25. The summed E-state index contributed by atoms with van der Waals surface area (Å²) in [6, 6.07) is 12.1. The Kier molecular flexibility index (Phi) is 10.5. The van der Waals surface area contributed by atoms with Gasteiger partial charge in [-0.25, -0.2) is 0 Å². The quantitative estimate of drug-likeness (QED) is 0.255. The second kappa shape index (κ2) is 13.4. The molecule has 3 rings (SSSR count). The summed E-state index contributed by atoms with van der Waals surface area (Å²) in [4.78, 5) is 26.7. The Morgan fingerprint density at radius 3 is 2.56 bits per heavy atom. The zero-order chi connectivity index (χ0) is 26.2. The molecule has 1 aromatic heterocycles. The second-order valence-corrected chi connectivity index (χ2v) is 11.1. The minimum absolute atomic E-state index is 0.130. The van der Waals surface area contributed by atoms with Crippen molar-refractivity contribution in [1.82, 2.24) is 20.1 Å². The van der Waals surface area contributed by atoms with E-state index in [-0.39, 0.29) is 34.5 Å². The smallest absolute Gasteiger partial charge is 0.253 e. The van der Waals surface area contributed by atoms with Crippen molar-refractivity contribution in [3.63, 3.8) is 0 Å². The molecule has 2 aromatic carbocycles. The summed E-state index contributed by atoms with van der Waals surface area (Å²) in [6.45, 7) is 6.73. The molecule has 0 bridgehead atoms. The largest absolute Gasteiger partial charge is 0.342 e. The fourth-order valence-corrected chi connectivity index (χ4v) is 5.36. The predicted octanol–water partition coefficient (Wildman–Crippen LogP) is 6.57. The minimum Gasteiger partial charge on any atom is -0.342 e. The van der Waals surface area contributed by atoms with Gasteiger partial charge in [-0.05, 0) is 61.9 Å². The lowest BCUT2D eigenvalue weighted by molar-refractivity contribution is -0.113. The number of aromatic nitrogens is 3. The number of hydrogen-bond acceptors (Lipinski definition) is 6. The van der Waals surface area contributed by atoms with Gasteiger partial charge < -0.3 is 15.2 Å². The molecule has 2 amide bonds. The van der Waals surface area contributed by atoms with Crippen LogP contribution in [-0.2, 0) is 11.3 Å². The van der Waals surface area contributed by atoms with Crippen molar-refractivity contribution in [2.24, 2.45) is 5.92 Å². The number of nitrogens with zero attached hydrogens (tertiary/aromatic N) is 3. The Hall–Kier alpha value is -2.20. The summed E-state index contributed by atoms with van der Waals surface area (Å²) >= 11 is 15.1. The normalized spacial score (nSPS) is 12.0. The fraction of sp³-hybridized carbons (Fsp3) is 0.360. The molecule has 1 unspecified atom stereocenters. The predicted molar refractivity (Wildman–Crippen MR) is 149 cm³/mol. The molecule has 0 radical (unpaired) electrons. The van der Waals surface area contributed by atoms with Gasteiger partial charge in [-0.1, -0.05) is 54.9 Å². The number of carbonyl (C=O) groups is 2. The highest BCUT2D eigenvalue weighted by Crippen LogP contribution is 2.27. The van der Waals surface area contributed by atoms with Crippen LogP contribution in [-0.4, -0.2) is 38.6 Å². The number of carbonyl (C=O) groups excluding carboxylic acids is 2. The molecule has 0 saturated carbocycles. The summed E-state index contributed by atoms with van der Waals surface area (Å²) in [5.41, 5.74) is 1.10. The SMILES string of the molecule is CCn1c(SCC(=O)Nc2cccc(SC)c2)nnc1C(CC(C)C)NC(=O)c1ccc(Cl)cc1Cl. The molecule has 36 heavy (non-hydrogen) atoms. The van der Waals surface area contributed by atoms with E-state index < -0.39 is 0 Å². The molecule has 2 N–H and O–H groups in total. The molecule has 11 heteroatoms. The first-order valence-electron chi connectivity index (χ1n) is 11.5. The van der Waals surface area contributed by atoms with Crippen molar-refractivity contribution >= 4 is 64.2 Å². The van der Waals surface area contributed by atoms with Crippen LogP contribution < -0.4 is 10.6 Å². The molecule has 0 aliphatic heterocycles. The van der Waals surface area contributed by atoms with Crippen LogP contribution in [0.25, 0.3) is 0 Å². The molecule has 3 aromatic rings. The molecule has 192 valence electrons. The van der Waals surface area contributed by atoms with Crippen LogP contribution in [0.5, 0.6) is 0 Å². The van der Waals surface area contributed by atoms with Gasteiger partial charge in [-0.3, -0.25) is 9.59 Å². The molecular weight excluding hydrogens is 537 g/mol. The van der Waals surface area contributed by atoms with Gasteiger partial charge in [0.05, 0.1) is 22.4 Å². The standard InChI is InChI=1S/C25H29Cl2N5O2S2/c1-5-32-23(21(11-15(2)3)29-24(34)19-10-9-16(26)12-20(19)27)30-31-25(32)36-14-22(33)28-17-7-6-8-18(13-17)35-4/h6-10,12-13,15,21H,5,11,14H2,1-4H3,(H,28,33)(H,29,34). The molecule has 0 saturated heterocycles. The Morgan fingerprint density at radius 2 is 1.89 bits per heavy atom. The highest BCUT2D eigenvalue weighted by atomic mass is 35.5. The molecule has 0 aliphatic carbocycles. The Bertz CT molecular complexity index is 1220. The van der Waals surface area contributed by atoms with E-state index in [0.29, 0.717) is 34.5 Å². The summed E-state index contributed by atoms with van der Waals surface area (Å²) < 4.78 is 1.93. The highest BCUT2D eigenvalue weighted by Gasteiger charge is 2.25. The number of amides is 2. The van der Waals surface area contributed by atoms with Gasteiger partial charge in [0.2, 0.25) is 5.91 Å². The number of anilines is 1. The molecule has 0 spiro atoms. The van der Waals surface area contributed by atoms with Crippen molar-refractivity contribution in [1.29, 1.82) is 0 Å². The van der Waals surface area contributed by atoms with Crippen molar-refractivity contribution < 1.29 is 9.59 Å². The highest BCUT2D eigenvalue weighted by molar-refractivity contribution is 7.99. The van der Waals surface area contributed by atoms with Crippen LogP contribution in [0.3, 0.4) is 0 Å². The summed E-state index contributed by atoms with van der Waals surface area (Å²) in [5, 5.41) is 16.1. The van der Waals surface area contributed by atoms with Gasteiger partial charge in [0.1, 0.15) is 0 Å². The summed E-state index contributed by atoms with van der Waals surface area (Å²) in [6.07, 6.45) is 2.65. The van der Waals surface area contributed by atoms with Gasteiger partial charge in [0.25, 0.3) is 5.91 Å². The number of rotatable bonds is 11. The van der Waals surface area contributed by atoms with Gasteiger partial charge in [-0.15, -0.1) is 22.0 Å². The average Bonchev–Trinajstić information content (AvgIpc) is 3.25. The molecule has 1 heterocycles. The maximum Gasteiger partial charge on any atom is 0.253 e. The molecule has 0 aliphatic rings. The van der Waals surface area contributed by atoms with Gasteiger partial charge >= 0.3 is 0 Å². The van der Waals surface area contributed by atoms with E-state index in [1.807, 2.05) is 42.0 Å². The summed E-state index contributed by atoms with van der Waals surface area (Å²) in [7, 11) is 0. The average molecular weight is 567 g/mol. The lowest BCUT2D eigenvalue weighted by atomic mass is 10.0. The fourth-order valence-electron chi connectivity index (χ4n) is 3.60. The Morgan fingerprint density at radius 1 is 1.11 bits per heavy atom. The van der Waals surface area contributed by atoms with Crippen molar-refractivity contribution in [3.05, 3.63) is 63.9 Å². The first-order valence-corrected chi connectivity index (χ1v) is 14.4. The number of benzene rings is 2. The van der Waals surface area contributed by atoms with E-state index in [2.05, 4.69) is 34.7 Å². The first kappa shape index (κ1) is 28.4. The van der Waals surface area contributed by atoms with Crippen LogP contribution in [0.1, 0.15) is 49.4 Å².